The first-order valence-corrected chi connectivity index (χ1v) is 12.8. The molecule has 5 rings (SSSR count). The summed E-state index contributed by atoms with van der Waals surface area (Å²) in [4.78, 5) is 32.9. The van der Waals surface area contributed by atoms with Gasteiger partial charge >= 0.3 is 0 Å². The van der Waals surface area contributed by atoms with E-state index in [0.29, 0.717) is 17.4 Å². The zero-order valence-electron chi connectivity index (χ0n) is 21.5. The Balaban J connectivity index is 1.41. The van der Waals surface area contributed by atoms with Crippen LogP contribution in [0.5, 0.6) is 0 Å². The molecule has 6 heteroatoms. The quantitative estimate of drug-likeness (QED) is 0.318. The number of aryl methyl sites for hydroxylation is 1. The maximum atomic E-state index is 13.3. The third kappa shape index (κ3) is 5.64. The lowest BCUT2D eigenvalue weighted by Crippen LogP contribution is -2.39. The molecule has 0 aliphatic heterocycles. The number of rotatable bonds is 8. The van der Waals surface area contributed by atoms with E-state index in [1.807, 2.05) is 84.4 Å². The Bertz CT molecular complexity index is 1390. The lowest BCUT2D eigenvalue weighted by Gasteiger charge is -2.22. The molecule has 1 aliphatic carbocycles. The molecule has 1 aromatic heterocycles. The van der Waals surface area contributed by atoms with Crippen LogP contribution in [0.3, 0.4) is 0 Å². The molecule has 0 unspecified atom stereocenters. The van der Waals surface area contributed by atoms with Crippen LogP contribution in [0.4, 0.5) is 5.95 Å². The minimum Gasteiger partial charge on any atom is -0.326 e. The van der Waals surface area contributed by atoms with E-state index in [4.69, 9.17) is 4.98 Å². The average Bonchev–Trinajstić information content (AvgIpc) is 3.67. The predicted octanol–water partition coefficient (Wildman–Crippen LogP) is 6.21. The molecule has 0 atom stereocenters. The molecule has 6 nitrogen and oxygen atoms in total. The number of hydrogen-bond donors (Lipinski definition) is 1. The van der Waals surface area contributed by atoms with E-state index in [-0.39, 0.29) is 24.4 Å². The topological polar surface area (TPSA) is 67.2 Å². The predicted molar refractivity (Wildman–Crippen MR) is 147 cm³/mol. The van der Waals surface area contributed by atoms with Gasteiger partial charge in [0.15, 0.2) is 0 Å². The first kappa shape index (κ1) is 24.5. The van der Waals surface area contributed by atoms with E-state index in [0.717, 1.165) is 35.3 Å². The van der Waals surface area contributed by atoms with Gasteiger partial charge in [0.05, 0.1) is 5.69 Å². The summed E-state index contributed by atoms with van der Waals surface area (Å²) in [5, 5.41) is 2.98. The third-order valence-corrected chi connectivity index (χ3v) is 6.73. The lowest BCUT2D eigenvalue weighted by atomic mass is 10.0. The minimum absolute atomic E-state index is 0.0167. The van der Waals surface area contributed by atoms with Crippen molar-refractivity contribution in [3.8, 4) is 16.9 Å². The van der Waals surface area contributed by atoms with Gasteiger partial charge in [-0.05, 0) is 55.5 Å². The summed E-state index contributed by atoms with van der Waals surface area (Å²) in [7, 11) is 0. The number of anilines is 1. The number of nitrogens with zero attached hydrogens (tertiary/aromatic N) is 3. The number of carbonyl (C=O) groups excluding carboxylic acids is 2. The van der Waals surface area contributed by atoms with Gasteiger partial charge in [0, 0.05) is 29.1 Å². The maximum absolute atomic E-state index is 13.3. The van der Waals surface area contributed by atoms with E-state index in [2.05, 4.69) is 31.3 Å². The van der Waals surface area contributed by atoms with Gasteiger partial charge in [-0.3, -0.25) is 19.5 Å². The monoisotopic (exact) mass is 492 g/mol. The molecule has 1 fully saturated rings. The molecule has 3 aromatic carbocycles. The fraction of sp³-hybridized carbons (Fsp3) is 0.258. The van der Waals surface area contributed by atoms with Crippen molar-refractivity contribution in [3.63, 3.8) is 0 Å². The standard InChI is InChI=1S/C31H32N4O2/c1-21(2)23-13-15-27(16-14-23)35-19-28(24-7-5-4-6-8-24)32-31(35)33-29(36)20-34(26-17-18-26)30(37)25-11-9-22(3)10-12-25/h4-16,19,21,26H,17-18,20H2,1-3H3,(H,32,33,36). The highest BCUT2D eigenvalue weighted by molar-refractivity contribution is 5.99. The van der Waals surface area contributed by atoms with E-state index >= 15 is 0 Å². The number of benzene rings is 3. The summed E-state index contributed by atoms with van der Waals surface area (Å²) in [5.41, 5.74) is 5.57. The smallest absolute Gasteiger partial charge is 0.254 e. The maximum Gasteiger partial charge on any atom is 0.254 e. The minimum atomic E-state index is -0.266. The zero-order chi connectivity index (χ0) is 25.9. The van der Waals surface area contributed by atoms with Gasteiger partial charge in [0.2, 0.25) is 11.9 Å². The number of aromatic nitrogens is 2. The van der Waals surface area contributed by atoms with Crippen LogP contribution >= 0.6 is 0 Å². The summed E-state index contributed by atoms with van der Waals surface area (Å²) >= 11 is 0. The molecular weight excluding hydrogens is 460 g/mol. The number of imidazole rings is 1. The van der Waals surface area contributed by atoms with Crippen LogP contribution in [-0.2, 0) is 4.79 Å². The molecule has 1 saturated carbocycles. The van der Waals surface area contributed by atoms with Crippen LogP contribution in [0.1, 0.15) is 54.1 Å². The molecular formula is C31H32N4O2. The second-order valence-corrected chi connectivity index (χ2v) is 10.0. The third-order valence-electron chi connectivity index (χ3n) is 6.73. The van der Waals surface area contributed by atoms with Crippen LogP contribution in [0.2, 0.25) is 0 Å². The highest BCUT2D eigenvalue weighted by Crippen LogP contribution is 2.29. The average molecular weight is 493 g/mol. The van der Waals surface area contributed by atoms with Crippen LogP contribution in [-0.4, -0.2) is 38.9 Å². The van der Waals surface area contributed by atoms with Gasteiger partial charge in [0.1, 0.15) is 6.54 Å². The molecule has 1 heterocycles. The Kier molecular flexibility index (Phi) is 6.91. The van der Waals surface area contributed by atoms with Gasteiger partial charge in [-0.2, -0.15) is 0 Å². The van der Waals surface area contributed by atoms with Crippen LogP contribution in [0.25, 0.3) is 16.9 Å². The summed E-state index contributed by atoms with van der Waals surface area (Å²) in [6.07, 6.45) is 3.77. The van der Waals surface area contributed by atoms with Gasteiger partial charge in [-0.25, -0.2) is 4.98 Å². The lowest BCUT2D eigenvalue weighted by molar-refractivity contribution is -0.117. The van der Waals surface area contributed by atoms with Crippen molar-refractivity contribution in [1.82, 2.24) is 14.5 Å². The van der Waals surface area contributed by atoms with E-state index < -0.39 is 0 Å². The Morgan fingerprint density at radius 1 is 0.973 bits per heavy atom. The molecule has 188 valence electrons. The second kappa shape index (κ2) is 10.4. The van der Waals surface area contributed by atoms with Crippen molar-refractivity contribution in [2.75, 3.05) is 11.9 Å². The normalized spacial score (nSPS) is 13.0. The van der Waals surface area contributed by atoms with Gasteiger partial charge in [-0.15, -0.1) is 0 Å². The highest BCUT2D eigenvalue weighted by atomic mass is 16.2. The van der Waals surface area contributed by atoms with Crippen molar-refractivity contribution < 1.29 is 9.59 Å². The van der Waals surface area contributed by atoms with Crippen LogP contribution in [0, 0.1) is 6.92 Å². The first-order chi connectivity index (χ1) is 17.9. The van der Waals surface area contributed by atoms with Crippen LogP contribution in [0.15, 0.2) is 85.1 Å². The number of nitrogens with one attached hydrogen (secondary N) is 1. The highest BCUT2D eigenvalue weighted by Gasteiger charge is 2.34. The summed E-state index contributed by atoms with van der Waals surface area (Å²) in [6.45, 7) is 6.30. The largest absolute Gasteiger partial charge is 0.326 e. The Labute approximate surface area is 218 Å². The molecule has 0 spiro atoms. The fourth-order valence-corrected chi connectivity index (χ4v) is 4.37. The van der Waals surface area contributed by atoms with Crippen molar-refractivity contribution in [1.29, 1.82) is 0 Å². The SMILES string of the molecule is Cc1ccc(C(=O)N(CC(=O)Nc2nc(-c3ccccc3)cn2-c2ccc(C(C)C)cc2)C2CC2)cc1. The Morgan fingerprint density at radius 3 is 2.27 bits per heavy atom. The van der Waals surface area contributed by atoms with Crippen molar-refractivity contribution >= 4 is 17.8 Å². The molecule has 2 amide bonds. The van der Waals surface area contributed by atoms with Gasteiger partial charge in [-0.1, -0.05) is 74.0 Å². The first-order valence-electron chi connectivity index (χ1n) is 12.8. The Hall–Kier alpha value is -4.19. The molecule has 1 N–H and O–H groups in total. The van der Waals surface area contributed by atoms with E-state index in [1.54, 1.807) is 4.90 Å². The summed E-state index contributed by atoms with van der Waals surface area (Å²) in [6, 6.07) is 25.8. The summed E-state index contributed by atoms with van der Waals surface area (Å²) in [5.74, 6) is 0.475. The molecule has 0 saturated heterocycles. The van der Waals surface area contributed by atoms with Gasteiger partial charge < -0.3 is 4.90 Å². The molecule has 37 heavy (non-hydrogen) atoms. The van der Waals surface area contributed by atoms with Gasteiger partial charge in [0.25, 0.3) is 5.91 Å². The molecule has 0 bridgehead atoms. The second-order valence-electron chi connectivity index (χ2n) is 10.0. The van der Waals surface area contributed by atoms with Crippen molar-refractivity contribution in [3.05, 3.63) is 102 Å². The van der Waals surface area contributed by atoms with E-state index in [9.17, 15) is 9.59 Å². The molecule has 0 radical (unpaired) electrons. The van der Waals surface area contributed by atoms with Crippen LogP contribution < -0.4 is 5.32 Å². The Morgan fingerprint density at radius 2 is 1.65 bits per heavy atom. The number of hydrogen-bond acceptors (Lipinski definition) is 3. The number of amides is 2. The number of carbonyl (C=O) groups is 2. The van der Waals surface area contributed by atoms with E-state index in [1.165, 1.54) is 5.56 Å². The van der Waals surface area contributed by atoms with Crippen molar-refractivity contribution in [2.45, 2.75) is 45.6 Å². The molecule has 1 aliphatic rings. The summed E-state index contributed by atoms with van der Waals surface area (Å²) < 4.78 is 1.90. The zero-order valence-corrected chi connectivity index (χ0v) is 21.5. The van der Waals surface area contributed by atoms with Crippen molar-refractivity contribution in [2.24, 2.45) is 0 Å². The fourth-order valence-electron chi connectivity index (χ4n) is 4.37. The molecule has 4 aromatic rings.